The minimum Gasteiger partial charge on any atom is -0.496 e. The van der Waals surface area contributed by atoms with Crippen molar-refractivity contribution in [1.82, 2.24) is 4.90 Å². The summed E-state index contributed by atoms with van der Waals surface area (Å²) in [7, 11) is 0.122. The number of carboxylic acids is 1. The number of carbonyl (C=O) groups excluding carboxylic acids is 2. The van der Waals surface area contributed by atoms with Crippen molar-refractivity contribution in [2.75, 3.05) is 20.3 Å². The van der Waals surface area contributed by atoms with Crippen LogP contribution in [0.3, 0.4) is 0 Å². The second-order valence-electron chi connectivity index (χ2n) is 10.7. The van der Waals surface area contributed by atoms with Gasteiger partial charge in [0.2, 0.25) is 0 Å². The molecule has 0 bridgehead atoms. The Morgan fingerprint density at radius 2 is 1.86 bits per heavy atom. The van der Waals surface area contributed by atoms with E-state index in [-0.39, 0.29) is 19.6 Å². The lowest BCUT2D eigenvalue weighted by atomic mass is 9.84. The fraction of sp³-hybridized carbons (Fsp3) is 0.444. The van der Waals surface area contributed by atoms with E-state index in [1.54, 1.807) is 19.3 Å². The summed E-state index contributed by atoms with van der Waals surface area (Å²) in [5.74, 6) is -1.09. The van der Waals surface area contributed by atoms with E-state index in [9.17, 15) is 19.5 Å². The first-order chi connectivity index (χ1) is 16.7. The number of hydrogen-bond acceptors (Lipinski definition) is 6. The lowest BCUT2D eigenvalue weighted by Gasteiger charge is -2.29. The van der Waals surface area contributed by atoms with E-state index in [4.69, 9.17) is 14.2 Å². The number of carbonyl (C=O) groups is 3. The molecule has 2 aromatic carbocycles. The van der Waals surface area contributed by atoms with E-state index >= 15 is 0 Å². The molecule has 0 unspecified atom stereocenters. The summed E-state index contributed by atoms with van der Waals surface area (Å²) in [4.78, 5) is 39.0. The smallest absolute Gasteiger partial charge is 0.410 e. The van der Waals surface area contributed by atoms with Crippen molar-refractivity contribution in [2.24, 2.45) is 0 Å². The number of esters is 1. The van der Waals surface area contributed by atoms with Crippen molar-refractivity contribution in [3.8, 4) is 5.75 Å². The second-order valence-corrected chi connectivity index (χ2v) is 16.3. The zero-order valence-electron chi connectivity index (χ0n) is 21.8. The Kier molecular flexibility index (Phi) is 7.55. The van der Waals surface area contributed by atoms with Crippen LogP contribution >= 0.6 is 0 Å². The van der Waals surface area contributed by atoms with Crippen LogP contribution in [0.4, 0.5) is 4.79 Å². The molecule has 1 heterocycles. The van der Waals surface area contributed by atoms with E-state index < -0.39 is 37.2 Å². The molecule has 3 rings (SSSR count). The van der Waals surface area contributed by atoms with Gasteiger partial charge in [-0.25, -0.2) is 9.59 Å². The molecule has 194 valence electrons. The average Bonchev–Trinajstić information content (AvgIpc) is 3.10. The Labute approximate surface area is 212 Å². The van der Waals surface area contributed by atoms with Gasteiger partial charge < -0.3 is 19.3 Å². The van der Waals surface area contributed by atoms with Gasteiger partial charge in [0, 0.05) is 27.0 Å². The minimum absolute atomic E-state index is 0.117. The zero-order chi connectivity index (χ0) is 26.9. The normalized spacial score (nSPS) is 21.8. The van der Waals surface area contributed by atoms with Crippen LogP contribution in [0.5, 0.6) is 5.75 Å². The standard InChI is InChI=1S/C27H35NO7Si/c1-8-19-13-21-14-22(10-9-20(21)15-23(19)33-4)27(35-18(2)29)16-26(3,24(30)31)28(17-27)25(32)34-11-12-36(5,6)7/h8-10,13-15H,1,11-12,16-17H2,2-7H3,(H,30,31)/t26-,27-/m0/s1. The van der Waals surface area contributed by atoms with Gasteiger partial charge in [-0.1, -0.05) is 44.4 Å². The van der Waals surface area contributed by atoms with Crippen molar-refractivity contribution in [1.29, 1.82) is 0 Å². The molecule has 0 aromatic heterocycles. The summed E-state index contributed by atoms with van der Waals surface area (Å²) in [6.07, 6.45) is 0.836. The molecular formula is C27H35NO7Si. The molecule has 9 heteroatoms. The van der Waals surface area contributed by atoms with Gasteiger partial charge in [0.05, 0.1) is 20.3 Å². The Hall–Kier alpha value is -3.33. The third kappa shape index (κ3) is 5.40. The third-order valence-electron chi connectivity index (χ3n) is 6.67. The molecule has 0 saturated carbocycles. The molecule has 1 amide bonds. The number of likely N-dealkylation sites (tertiary alicyclic amines) is 1. The van der Waals surface area contributed by atoms with Gasteiger partial charge in [-0.15, -0.1) is 0 Å². The third-order valence-corrected chi connectivity index (χ3v) is 8.38. The van der Waals surface area contributed by atoms with Gasteiger partial charge in [-0.2, -0.15) is 0 Å². The Morgan fingerprint density at radius 1 is 1.17 bits per heavy atom. The van der Waals surface area contributed by atoms with Gasteiger partial charge in [0.1, 0.15) is 11.3 Å². The molecule has 1 N–H and O–H groups in total. The summed E-state index contributed by atoms with van der Waals surface area (Å²) < 4.78 is 16.8. The fourth-order valence-electron chi connectivity index (χ4n) is 4.63. The molecule has 0 spiro atoms. The number of benzene rings is 2. The molecule has 1 saturated heterocycles. The summed E-state index contributed by atoms with van der Waals surface area (Å²) in [6.45, 7) is 13.1. The minimum atomic E-state index is -1.63. The van der Waals surface area contributed by atoms with Crippen LogP contribution in [0.25, 0.3) is 16.8 Å². The number of carboxylic acid groups (broad SMARTS) is 1. The first-order valence-corrected chi connectivity index (χ1v) is 15.6. The number of nitrogens with zero attached hydrogens (tertiary/aromatic N) is 1. The lowest BCUT2D eigenvalue weighted by molar-refractivity contribution is -0.158. The highest BCUT2D eigenvalue weighted by molar-refractivity contribution is 6.76. The van der Waals surface area contributed by atoms with E-state index in [0.29, 0.717) is 11.3 Å². The van der Waals surface area contributed by atoms with Gasteiger partial charge in [-0.3, -0.25) is 9.69 Å². The topological polar surface area (TPSA) is 102 Å². The number of aliphatic carboxylic acids is 1. The predicted octanol–water partition coefficient (Wildman–Crippen LogP) is 5.27. The van der Waals surface area contributed by atoms with Crippen LogP contribution in [0, 0.1) is 0 Å². The Bertz CT molecular complexity index is 1200. The lowest BCUT2D eigenvalue weighted by Crippen LogP contribution is -2.51. The highest BCUT2D eigenvalue weighted by Crippen LogP contribution is 2.46. The number of rotatable bonds is 8. The second kappa shape index (κ2) is 9.97. The zero-order valence-corrected chi connectivity index (χ0v) is 22.8. The molecule has 36 heavy (non-hydrogen) atoms. The molecule has 0 aliphatic carbocycles. The van der Waals surface area contributed by atoms with Gasteiger partial charge in [0.25, 0.3) is 0 Å². The number of methoxy groups -OCH3 is 1. The van der Waals surface area contributed by atoms with Crippen molar-refractivity contribution in [3.63, 3.8) is 0 Å². The highest BCUT2D eigenvalue weighted by atomic mass is 28.3. The first-order valence-electron chi connectivity index (χ1n) is 11.9. The number of hydrogen-bond donors (Lipinski definition) is 1. The Morgan fingerprint density at radius 3 is 2.42 bits per heavy atom. The van der Waals surface area contributed by atoms with E-state index in [2.05, 4.69) is 26.2 Å². The van der Waals surface area contributed by atoms with Crippen molar-refractivity contribution in [3.05, 3.63) is 48.0 Å². The number of amides is 1. The Balaban J connectivity index is 2.06. The maximum atomic E-state index is 13.1. The summed E-state index contributed by atoms with van der Waals surface area (Å²) in [6, 6.07) is 10.0. The predicted molar refractivity (Wildman–Crippen MR) is 141 cm³/mol. The van der Waals surface area contributed by atoms with E-state index in [0.717, 1.165) is 22.4 Å². The van der Waals surface area contributed by atoms with Crippen molar-refractivity contribution < 1.29 is 33.7 Å². The van der Waals surface area contributed by atoms with Gasteiger partial charge in [0.15, 0.2) is 5.60 Å². The van der Waals surface area contributed by atoms with E-state index in [1.165, 1.54) is 18.7 Å². The molecular weight excluding hydrogens is 478 g/mol. The number of fused-ring (bicyclic) bond motifs is 1. The molecule has 1 aliphatic heterocycles. The fourth-order valence-corrected chi connectivity index (χ4v) is 5.34. The molecule has 1 aliphatic rings. The summed E-state index contributed by atoms with van der Waals surface area (Å²) in [5, 5.41) is 11.9. The number of ether oxygens (including phenoxy) is 3. The molecule has 0 radical (unpaired) electrons. The van der Waals surface area contributed by atoms with Gasteiger partial charge >= 0.3 is 18.0 Å². The molecule has 2 aromatic rings. The molecule has 1 fully saturated rings. The van der Waals surface area contributed by atoms with Crippen LogP contribution in [0.2, 0.25) is 25.7 Å². The van der Waals surface area contributed by atoms with E-state index in [1.807, 2.05) is 24.3 Å². The van der Waals surface area contributed by atoms with Crippen LogP contribution in [0.15, 0.2) is 36.9 Å². The monoisotopic (exact) mass is 513 g/mol. The van der Waals surface area contributed by atoms with Crippen LogP contribution in [0.1, 0.15) is 31.4 Å². The van der Waals surface area contributed by atoms with Gasteiger partial charge in [-0.05, 0) is 47.5 Å². The van der Waals surface area contributed by atoms with Crippen LogP contribution < -0.4 is 4.74 Å². The average molecular weight is 514 g/mol. The largest absolute Gasteiger partial charge is 0.496 e. The first kappa shape index (κ1) is 27.3. The van der Waals surface area contributed by atoms with Crippen molar-refractivity contribution in [2.45, 2.75) is 57.1 Å². The summed E-state index contributed by atoms with van der Waals surface area (Å²) in [5.41, 5.74) is -1.61. The summed E-state index contributed by atoms with van der Waals surface area (Å²) >= 11 is 0. The molecule has 2 atom stereocenters. The van der Waals surface area contributed by atoms with Crippen LogP contribution in [-0.2, 0) is 24.7 Å². The molecule has 8 nitrogen and oxygen atoms in total. The quantitative estimate of drug-likeness (QED) is 0.379. The maximum absolute atomic E-state index is 13.1. The maximum Gasteiger partial charge on any atom is 0.410 e. The van der Waals surface area contributed by atoms with Crippen molar-refractivity contribution >= 4 is 43.0 Å². The highest BCUT2D eigenvalue weighted by Gasteiger charge is 2.60. The van der Waals surface area contributed by atoms with Crippen LogP contribution in [-0.4, -0.2) is 61.9 Å². The SMILES string of the molecule is C=Cc1cc2cc([C@@]3(OC(C)=O)CN(C(=O)OCC[Si](C)(C)C)[C@](C)(C(=O)O)C3)ccc2cc1OC.